The van der Waals surface area contributed by atoms with Gasteiger partial charge in [-0.25, -0.2) is 4.98 Å². The molecule has 0 radical (unpaired) electrons. The zero-order valence-corrected chi connectivity index (χ0v) is 11.6. The van der Waals surface area contributed by atoms with Crippen molar-refractivity contribution in [3.63, 3.8) is 0 Å². The smallest absolute Gasteiger partial charge is 0.169 e. The first kappa shape index (κ1) is 13.7. The Bertz CT molecular complexity index is 394. The van der Waals surface area contributed by atoms with Gasteiger partial charge in [-0.2, -0.15) is 0 Å². The average molecular weight is 234 g/mol. The topological polar surface area (TPSA) is 42.0 Å². The van der Waals surface area contributed by atoms with Crippen molar-refractivity contribution in [2.45, 2.75) is 47.1 Å². The quantitative estimate of drug-likeness (QED) is 0.796. The Morgan fingerprint density at radius 1 is 1.12 bits per heavy atom. The van der Waals surface area contributed by atoms with Gasteiger partial charge in [0.1, 0.15) is 5.82 Å². The van der Waals surface area contributed by atoms with E-state index in [9.17, 15) is 4.79 Å². The molecule has 3 nitrogen and oxygen atoms in total. The molecule has 1 aromatic heterocycles. The lowest BCUT2D eigenvalue weighted by Crippen LogP contribution is -2.27. The van der Waals surface area contributed by atoms with E-state index < -0.39 is 0 Å². The molecule has 1 aromatic rings. The zero-order chi connectivity index (χ0) is 13.3. The van der Waals surface area contributed by atoms with Crippen molar-refractivity contribution in [1.82, 2.24) is 4.98 Å². The molecule has 0 saturated carbocycles. The second-order valence-corrected chi connectivity index (χ2v) is 6.39. The maximum Gasteiger partial charge on any atom is 0.169 e. The van der Waals surface area contributed by atoms with Gasteiger partial charge in [0.05, 0.1) is 0 Å². The summed E-state index contributed by atoms with van der Waals surface area (Å²) in [6.07, 6.45) is 1.64. The third-order valence-corrected chi connectivity index (χ3v) is 2.21. The predicted octanol–water partition coefficient (Wildman–Crippen LogP) is 3.52. The third-order valence-electron chi connectivity index (χ3n) is 2.21. The van der Waals surface area contributed by atoms with Gasteiger partial charge in [0.25, 0.3) is 0 Å². The Kier molecular flexibility index (Phi) is 3.60. The molecule has 0 amide bonds. The number of hydrogen-bond donors (Lipinski definition) is 1. The van der Waals surface area contributed by atoms with Crippen LogP contribution in [0.15, 0.2) is 18.3 Å². The zero-order valence-electron chi connectivity index (χ0n) is 11.6. The number of hydrogen-bond acceptors (Lipinski definition) is 3. The lowest BCUT2D eigenvalue weighted by Gasteiger charge is -2.21. The van der Waals surface area contributed by atoms with Crippen LogP contribution in [0, 0.1) is 5.41 Å². The van der Waals surface area contributed by atoms with Crippen LogP contribution in [0.2, 0.25) is 0 Å². The summed E-state index contributed by atoms with van der Waals surface area (Å²) >= 11 is 0. The highest BCUT2D eigenvalue weighted by atomic mass is 16.1. The van der Waals surface area contributed by atoms with E-state index in [-0.39, 0.29) is 16.7 Å². The van der Waals surface area contributed by atoms with Crippen LogP contribution in [-0.4, -0.2) is 16.3 Å². The summed E-state index contributed by atoms with van der Waals surface area (Å²) in [6, 6.07) is 3.68. The average Bonchev–Trinajstić information content (AvgIpc) is 2.14. The van der Waals surface area contributed by atoms with Gasteiger partial charge < -0.3 is 5.32 Å². The van der Waals surface area contributed by atoms with Crippen molar-refractivity contribution in [2.75, 3.05) is 5.32 Å². The molecule has 94 valence electrons. The van der Waals surface area contributed by atoms with Crippen LogP contribution in [0.3, 0.4) is 0 Å². The Morgan fingerprint density at radius 3 is 2.06 bits per heavy atom. The highest BCUT2D eigenvalue weighted by Crippen LogP contribution is 2.21. The van der Waals surface area contributed by atoms with Gasteiger partial charge in [0.15, 0.2) is 5.78 Å². The molecule has 0 spiro atoms. The largest absolute Gasteiger partial charge is 0.365 e. The highest BCUT2D eigenvalue weighted by molar-refractivity contribution is 5.99. The number of nitrogens with zero attached hydrogens (tertiary/aromatic N) is 1. The predicted molar refractivity (Wildman–Crippen MR) is 71.4 cm³/mol. The van der Waals surface area contributed by atoms with Gasteiger partial charge in [0, 0.05) is 22.7 Å². The van der Waals surface area contributed by atoms with E-state index in [0.717, 1.165) is 5.82 Å². The Labute approximate surface area is 104 Å². The number of ketones is 1. The summed E-state index contributed by atoms with van der Waals surface area (Å²) in [5.41, 5.74) is 0.278. The van der Waals surface area contributed by atoms with Gasteiger partial charge in [-0.1, -0.05) is 20.8 Å². The molecule has 0 bridgehead atoms. The highest BCUT2D eigenvalue weighted by Gasteiger charge is 2.23. The van der Waals surface area contributed by atoms with E-state index >= 15 is 0 Å². The first-order valence-electron chi connectivity index (χ1n) is 5.89. The van der Waals surface area contributed by atoms with Crippen LogP contribution >= 0.6 is 0 Å². The van der Waals surface area contributed by atoms with Crippen LogP contribution in [0.4, 0.5) is 5.82 Å². The minimum absolute atomic E-state index is 0.0252. The van der Waals surface area contributed by atoms with Crippen molar-refractivity contribution in [3.8, 4) is 0 Å². The van der Waals surface area contributed by atoms with Gasteiger partial charge in [-0.05, 0) is 32.9 Å². The Balaban J connectivity index is 2.86. The van der Waals surface area contributed by atoms with E-state index in [4.69, 9.17) is 0 Å². The maximum absolute atomic E-state index is 12.0. The number of carbonyl (C=O) groups excluding carboxylic acids is 1. The van der Waals surface area contributed by atoms with Crippen LogP contribution in [0.25, 0.3) is 0 Å². The summed E-state index contributed by atoms with van der Waals surface area (Å²) < 4.78 is 0. The fourth-order valence-electron chi connectivity index (χ4n) is 1.42. The molecular weight excluding hydrogens is 212 g/mol. The number of Topliss-reactive ketones (excluding diaryl/α,β-unsaturated/α-hetero) is 1. The maximum atomic E-state index is 12.0. The van der Waals surface area contributed by atoms with Crippen molar-refractivity contribution in [1.29, 1.82) is 0 Å². The van der Waals surface area contributed by atoms with Crippen molar-refractivity contribution in [2.24, 2.45) is 5.41 Å². The first-order chi connectivity index (χ1) is 7.59. The van der Waals surface area contributed by atoms with Gasteiger partial charge in [-0.3, -0.25) is 4.79 Å². The minimum Gasteiger partial charge on any atom is -0.365 e. The number of carbonyl (C=O) groups is 1. The summed E-state index contributed by atoms with van der Waals surface area (Å²) in [5.74, 6) is 0.912. The lowest BCUT2D eigenvalue weighted by molar-refractivity contribution is 0.0858. The summed E-state index contributed by atoms with van der Waals surface area (Å²) in [4.78, 5) is 16.3. The number of nitrogens with one attached hydrogen (secondary N) is 1. The fraction of sp³-hybridized carbons (Fsp3) is 0.571. The molecule has 1 rings (SSSR count). The molecule has 1 heterocycles. The molecule has 0 aliphatic heterocycles. The second kappa shape index (κ2) is 4.47. The molecule has 0 aromatic carbocycles. The van der Waals surface area contributed by atoms with E-state index in [1.165, 1.54) is 0 Å². The van der Waals surface area contributed by atoms with E-state index in [2.05, 4.69) is 31.1 Å². The number of pyridine rings is 1. The molecule has 1 N–H and O–H groups in total. The summed E-state index contributed by atoms with van der Waals surface area (Å²) in [7, 11) is 0. The molecule has 0 fully saturated rings. The van der Waals surface area contributed by atoms with Crippen LogP contribution < -0.4 is 5.32 Å². The van der Waals surface area contributed by atoms with Gasteiger partial charge >= 0.3 is 0 Å². The van der Waals surface area contributed by atoms with Crippen molar-refractivity contribution in [3.05, 3.63) is 23.9 Å². The first-order valence-corrected chi connectivity index (χ1v) is 5.89. The summed E-state index contributed by atoms with van der Waals surface area (Å²) in [5, 5.41) is 3.26. The fourth-order valence-corrected chi connectivity index (χ4v) is 1.42. The molecule has 0 unspecified atom stereocenters. The van der Waals surface area contributed by atoms with Crippen LogP contribution in [0.1, 0.15) is 51.9 Å². The molecule has 3 heteroatoms. The Morgan fingerprint density at radius 2 is 1.71 bits per heavy atom. The van der Waals surface area contributed by atoms with E-state index in [0.29, 0.717) is 5.56 Å². The number of anilines is 1. The molecule has 0 saturated heterocycles. The van der Waals surface area contributed by atoms with Gasteiger partial charge in [0.2, 0.25) is 0 Å². The van der Waals surface area contributed by atoms with Crippen LogP contribution in [0.5, 0.6) is 0 Å². The SMILES string of the molecule is CC(C)(C)Nc1ccc(C(=O)C(C)(C)C)cn1. The molecule has 17 heavy (non-hydrogen) atoms. The van der Waals surface area contributed by atoms with E-state index in [1.54, 1.807) is 6.20 Å². The molecular formula is C14H22N2O. The normalized spacial score (nSPS) is 12.4. The Hall–Kier alpha value is -1.38. The van der Waals surface area contributed by atoms with Crippen LogP contribution in [-0.2, 0) is 0 Å². The van der Waals surface area contributed by atoms with Crippen molar-refractivity contribution < 1.29 is 4.79 Å². The molecule has 0 atom stereocenters. The number of aromatic nitrogens is 1. The summed E-state index contributed by atoms with van der Waals surface area (Å²) in [6.45, 7) is 12.0. The molecule has 0 aliphatic rings. The second-order valence-electron chi connectivity index (χ2n) is 6.39. The number of rotatable bonds is 2. The lowest BCUT2D eigenvalue weighted by atomic mass is 9.87. The minimum atomic E-state index is -0.360. The van der Waals surface area contributed by atoms with Gasteiger partial charge in [-0.15, -0.1) is 0 Å². The monoisotopic (exact) mass is 234 g/mol. The molecule has 0 aliphatic carbocycles. The standard InChI is InChI=1S/C14H22N2O/c1-13(2,3)12(17)10-7-8-11(15-9-10)16-14(4,5)6/h7-9H,1-6H3,(H,15,16). The van der Waals surface area contributed by atoms with Crippen molar-refractivity contribution >= 4 is 11.6 Å². The van der Waals surface area contributed by atoms with E-state index in [1.807, 2.05) is 32.9 Å². The third kappa shape index (κ3) is 4.17.